The summed E-state index contributed by atoms with van der Waals surface area (Å²) >= 11 is 0. The zero-order valence-corrected chi connectivity index (χ0v) is 9.89. The zero-order valence-electron chi connectivity index (χ0n) is 9.89. The maximum absolute atomic E-state index is 13.3. The Morgan fingerprint density at radius 2 is 1.37 bits per heavy atom. The lowest BCUT2D eigenvalue weighted by molar-refractivity contribution is 0.432. The fraction of sp³-hybridized carbons (Fsp3) is 0.143. The van der Waals surface area contributed by atoms with Gasteiger partial charge in [0.1, 0.15) is 0 Å². The van der Waals surface area contributed by atoms with Crippen molar-refractivity contribution in [1.82, 2.24) is 5.32 Å². The van der Waals surface area contributed by atoms with Crippen LogP contribution in [-0.4, -0.2) is 0 Å². The van der Waals surface area contributed by atoms with Gasteiger partial charge in [-0.05, 0) is 5.56 Å². The number of halogens is 4. The van der Waals surface area contributed by atoms with Crippen LogP contribution in [-0.2, 0) is 13.1 Å². The Bertz CT molecular complexity index is 543. The lowest BCUT2D eigenvalue weighted by atomic mass is 10.1. The molecule has 0 amide bonds. The van der Waals surface area contributed by atoms with Gasteiger partial charge in [-0.25, -0.2) is 17.6 Å². The van der Waals surface area contributed by atoms with Crippen molar-refractivity contribution in [2.24, 2.45) is 0 Å². The quantitative estimate of drug-likeness (QED) is 0.661. The molecule has 100 valence electrons. The van der Waals surface area contributed by atoms with Crippen molar-refractivity contribution in [3.05, 3.63) is 70.8 Å². The van der Waals surface area contributed by atoms with E-state index in [1.807, 2.05) is 30.3 Å². The van der Waals surface area contributed by atoms with E-state index >= 15 is 0 Å². The summed E-state index contributed by atoms with van der Waals surface area (Å²) in [5, 5.41) is 2.74. The van der Waals surface area contributed by atoms with Crippen LogP contribution in [0.4, 0.5) is 17.6 Å². The van der Waals surface area contributed by atoms with Gasteiger partial charge in [0.05, 0.1) is 0 Å². The average molecular weight is 269 g/mol. The van der Waals surface area contributed by atoms with Gasteiger partial charge in [0, 0.05) is 24.7 Å². The van der Waals surface area contributed by atoms with E-state index in [9.17, 15) is 17.6 Å². The van der Waals surface area contributed by atoms with Gasteiger partial charge in [-0.15, -0.1) is 0 Å². The molecule has 2 aromatic rings. The molecule has 0 aliphatic heterocycles. The molecule has 0 unspecified atom stereocenters. The Labute approximate surface area is 107 Å². The second-order valence-electron chi connectivity index (χ2n) is 4.04. The fourth-order valence-electron chi connectivity index (χ4n) is 1.71. The van der Waals surface area contributed by atoms with Crippen LogP contribution >= 0.6 is 0 Å². The maximum atomic E-state index is 13.3. The molecule has 0 aromatic heterocycles. The summed E-state index contributed by atoms with van der Waals surface area (Å²) in [6.45, 7) is 0.0547. The Morgan fingerprint density at radius 3 is 1.95 bits per heavy atom. The van der Waals surface area contributed by atoms with Crippen molar-refractivity contribution in [2.75, 3.05) is 0 Å². The molecular weight excluding hydrogens is 258 g/mol. The number of benzene rings is 2. The molecule has 1 N–H and O–H groups in total. The third kappa shape index (κ3) is 3.12. The highest BCUT2D eigenvalue weighted by Crippen LogP contribution is 2.19. The SMILES string of the molecule is Fc1cc(F)c(F)c(CNCc2ccccc2)c1F. The van der Waals surface area contributed by atoms with E-state index in [0.717, 1.165) is 5.56 Å². The minimum atomic E-state index is -1.39. The zero-order chi connectivity index (χ0) is 13.8. The first-order chi connectivity index (χ1) is 9.09. The third-order valence-electron chi connectivity index (χ3n) is 2.68. The van der Waals surface area contributed by atoms with E-state index in [2.05, 4.69) is 5.32 Å². The number of rotatable bonds is 4. The molecule has 0 saturated carbocycles. The summed E-state index contributed by atoms with van der Waals surface area (Å²) in [6.07, 6.45) is 0. The second kappa shape index (κ2) is 5.84. The molecule has 19 heavy (non-hydrogen) atoms. The van der Waals surface area contributed by atoms with Crippen molar-refractivity contribution in [2.45, 2.75) is 13.1 Å². The van der Waals surface area contributed by atoms with Gasteiger partial charge < -0.3 is 5.32 Å². The van der Waals surface area contributed by atoms with Crippen molar-refractivity contribution < 1.29 is 17.6 Å². The van der Waals surface area contributed by atoms with Crippen LogP contribution in [0.25, 0.3) is 0 Å². The molecule has 0 atom stereocenters. The molecule has 2 rings (SSSR count). The summed E-state index contributed by atoms with van der Waals surface area (Å²) in [5.74, 6) is -5.51. The highest BCUT2D eigenvalue weighted by Gasteiger charge is 2.18. The molecule has 0 radical (unpaired) electrons. The highest BCUT2D eigenvalue weighted by molar-refractivity contribution is 5.23. The lowest BCUT2D eigenvalue weighted by Gasteiger charge is -2.08. The van der Waals surface area contributed by atoms with E-state index < -0.39 is 28.8 Å². The van der Waals surface area contributed by atoms with Gasteiger partial charge in [-0.2, -0.15) is 0 Å². The topological polar surface area (TPSA) is 12.0 Å². The Hall–Kier alpha value is -1.88. The Kier molecular flexibility index (Phi) is 4.16. The predicted molar refractivity (Wildman–Crippen MR) is 63.3 cm³/mol. The van der Waals surface area contributed by atoms with Gasteiger partial charge in [-0.3, -0.25) is 0 Å². The summed E-state index contributed by atoms with van der Waals surface area (Å²) < 4.78 is 52.6. The number of hydrogen-bond donors (Lipinski definition) is 1. The molecule has 5 heteroatoms. The molecule has 2 aromatic carbocycles. The third-order valence-corrected chi connectivity index (χ3v) is 2.68. The van der Waals surface area contributed by atoms with E-state index in [0.29, 0.717) is 6.54 Å². The number of hydrogen-bond acceptors (Lipinski definition) is 1. The van der Waals surface area contributed by atoms with Gasteiger partial charge in [0.15, 0.2) is 23.3 Å². The molecule has 0 spiro atoms. The van der Waals surface area contributed by atoms with Crippen LogP contribution in [0.1, 0.15) is 11.1 Å². The molecule has 0 heterocycles. The van der Waals surface area contributed by atoms with Crippen molar-refractivity contribution in [1.29, 1.82) is 0 Å². The average Bonchev–Trinajstić information content (AvgIpc) is 2.42. The monoisotopic (exact) mass is 269 g/mol. The van der Waals surface area contributed by atoms with Crippen molar-refractivity contribution >= 4 is 0 Å². The van der Waals surface area contributed by atoms with Gasteiger partial charge in [-0.1, -0.05) is 30.3 Å². The van der Waals surface area contributed by atoms with Crippen LogP contribution in [0, 0.1) is 23.3 Å². The number of nitrogens with one attached hydrogen (secondary N) is 1. The van der Waals surface area contributed by atoms with Crippen LogP contribution in [0.5, 0.6) is 0 Å². The van der Waals surface area contributed by atoms with Crippen LogP contribution in [0.3, 0.4) is 0 Å². The fourth-order valence-corrected chi connectivity index (χ4v) is 1.71. The molecule has 0 fully saturated rings. The first-order valence-electron chi connectivity index (χ1n) is 5.66. The van der Waals surface area contributed by atoms with E-state index in [-0.39, 0.29) is 12.6 Å². The minimum Gasteiger partial charge on any atom is -0.308 e. The summed E-state index contributed by atoms with van der Waals surface area (Å²) in [6, 6.07) is 9.33. The van der Waals surface area contributed by atoms with E-state index in [1.165, 1.54) is 0 Å². The van der Waals surface area contributed by atoms with Crippen molar-refractivity contribution in [3.8, 4) is 0 Å². The van der Waals surface area contributed by atoms with Crippen LogP contribution in [0.15, 0.2) is 36.4 Å². The maximum Gasteiger partial charge on any atom is 0.166 e. The molecule has 0 bridgehead atoms. The minimum absolute atomic E-state index is 0.200. The summed E-state index contributed by atoms with van der Waals surface area (Å²) in [7, 11) is 0. The van der Waals surface area contributed by atoms with Crippen LogP contribution < -0.4 is 5.32 Å². The smallest absolute Gasteiger partial charge is 0.166 e. The summed E-state index contributed by atoms with van der Waals surface area (Å²) in [4.78, 5) is 0. The Morgan fingerprint density at radius 1 is 0.789 bits per heavy atom. The van der Waals surface area contributed by atoms with E-state index in [4.69, 9.17) is 0 Å². The van der Waals surface area contributed by atoms with E-state index in [1.54, 1.807) is 0 Å². The van der Waals surface area contributed by atoms with Gasteiger partial charge in [0.2, 0.25) is 0 Å². The molecule has 0 saturated heterocycles. The predicted octanol–water partition coefficient (Wildman–Crippen LogP) is 3.53. The second-order valence-corrected chi connectivity index (χ2v) is 4.04. The first-order valence-corrected chi connectivity index (χ1v) is 5.66. The first kappa shape index (κ1) is 13.5. The molecule has 0 aliphatic carbocycles. The molecular formula is C14H11F4N. The standard InChI is InChI=1S/C14H11F4N/c15-11-6-12(16)14(18)10(13(11)17)8-19-7-9-4-2-1-3-5-9/h1-6,19H,7-8H2. The Balaban J connectivity index is 2.08. The largest absolute Gasteiger partial charge is 0.308 e. The highest BCUT2D eigenvalue weighted by atomic mass is 19.2. The normalized spacial score (nSPS) is 10.7. The lowest BCUT2D eigenvalue weighted by Crippen LogP contribution is -2.16. The molecule has 1 nitrogen and oxygen atoms in total. The van der Waals surface area contributed by atoms with Crippen LogP contribution in [0.2, 0.25) is 0 Å². The van der Waals surface area contributed by atoms with Gasteiger partial charge >= 0.3 is 0 Å². The van der Waals surface area contributed by atoms with Crippen molar-refractivity contribution in [3.63, 3.8) is 0 Å². The summed E-state index contributed by atoms with van der Waals surface area (Å²) in [5.41, 5.74) is 0.272. The molecule has 0 aliphatic rings. The van der Waals surface area contributed by atoms with Gasteiger partial charge in [0.25, 0.3) is 0 Å².